The maximum absolute atomic E-state index is 6.31. The Morgan fingerprint density at radius 1 is 0.600 bits per heavy atom. The molecule has 0 saturated carbocycles. The van der Waals surface area contributed by atoms with Crippen LogP contribution < -0.4 is 0 Å². The van der Waals surface area contributed by atoms with Crippen LogP contribution in [0.5, 0.6) is 0 Å². The van der Waals surface area contributed by atoms with E-state index < -0.39 is 3.79 Å². The number of fused-ring (bicyclic) bond motifs is 2. The Bertz CT molecular complexity index is 1390. The number of hydrogen-bond donors (Lipinski definition) is 0. The second-order valence-corrected chi connectivity index (χ2v) is 9.14. The molecule has 30 heavy (non-hydrogen) atoms. The van der Waals surface area contributed by atoms with E-state index in [1.54, 1.807) is 6.20 Å². The van der Waals surface area contributed by atoms with Gasteiger partial charge in [-0.1, -0.05) is 83.3 Å². The summed E-state index contributed by atoms with van der Waals surface area (Å²) in [7, 11) is 0. The first-order valence-electron chi connectivity index (χ1n) is 9.29. The van der Waals surface area contributed by atoms with Crippen molar-refractivity contribution in [1.82, 2.24) is 15.0 Å². The minimum atomic E-state index is -1.71. The Morgan fingerprint density at radius 3 is 1.80 bits per heavy atom. The second kappa shape index (κ2) is 7.51. The van der Waals surface area contributed by atoms with Gasteiger partial charge >= 0.3 is 0 Å². The van der Waals surface area contributed by atoms with Crippen molar-refractivity contribution in [3.05, 3.63) is 90.8 Å². The number of aromatic nitrogens is 3. The summed E-state index contributed by atoms with van der Waals surface area (Å²) < 4.78 is -1.71. The first-order valence-corrected chi connectivity index (χ1v) is 10.4. The molecule has 146 valence electrons. The molecule has 2 aromatic carbocycles. The summed E-state index contributed by atoms with van der Waals surface area (Å²) in [5, 5.41) is 2.09. The minimum Gasteiger partial charge on any atom is -0.256 e. The number of para-hydroxylation sites is 2. The highest BCUT2D eigenvalue weighted by Crippen LogP contribution is 2.45. The molecule has 0 amide bonds. The third kappa shape index (κ3) is 3.50. The molecule has 6 heteroatoms. The summed E-state index contributed by atoms with van der Waals surface area (Å²) >= 11 is 18.9. The normalized spacial score (nSPS) is 11.8. The van der Waals surface area contributed by atoms with Gasteiger partial charge < -0.3 is 0 Å². The van der Waals surface area contributed by atoms with Gasteiger partial charge in [-0.05, 0) is 30.3 Å². The number of benzene rings is 2. The van der Waals surface area contributed by atoms with Gasteiger partial charge in [0.05, 0.1) is 22.4 Å². The minimum absolute atomic E-state index is 0.322. The molecule has 0 aliphatic rings. The van der Waals surface area contributed by atoms with Gasteiger partial charge in [-0.15, -0.1) is 0 Å². The van der Waals surface area contributed by atoms with E-state index in [1.807, 2.05) is 78.9 Å². The van der Waals surface area contributed by atoms with Crippen molar-refractivity contribution < 1.29 is 0 Å². The number of rotatable bonds is 2. The summed E-state index contributed by atoms with van der Waals surface area (Å²) in [5.41, 5.74) is 4.96. The van der Waals surface area contributed by atoms with E-state index in [0.29, 0.717) is 17.0 Å². The quantitative estimate of drug-likeness (QED) is 0.264. The van der Waals surface area contributed by atoms with E-state index in [9.17, 15) is 0 Å². The Labute approximate surface area is 188 Å². The fraction of sp³-hybridized carbons (Fsp3) is 0.0417. The zero-order chi connectivity index (χ0) is 20.7. The van der Waals surface area contributed by atoms with Crippen molar-refractivity contribution in [2.45, 2.75) is 3.79 Å². The Morgan fingerprint density at radius 2 is 1.17 bits per heavy atom. The molecule has 0 atom stereocenters. The molecule has 0 N–H and O–H groups in total. The lowest BCUT2D eigenvalue weighted by atomic mass is 9.98. The van der Waals surface area contributed by atoms with Gasteiger partial charge in [-0.25, -0.2) is 9.97 Å². The number of nitrogens with zero attached hydrogens (tertiary/aromatic N) is 3. The van der Waals surface area contributed by atoms with Gasteiger partial charge in [0.1, 0.15) is 5.69 Å². The monoisotopic (exact) mass is 449 g/mol. The van der Waals surface area contributed by atoms with Gasteiger partial charge in [0.25, 0.3) is 0 Å². The third-order valence-electron chi connectivity index (χ3n) is 4.95. The molecular formula is C24H14Cl3N3. The Kier molecular flexibility index (Phi) is 4.82. The lowest BCUT2D eigenvalue weighted by Crippen LogP contribution is -2.08. The van der Waals surface area contributed by atoms with Gasteiger partial charge in [-0.3, -0.25) is 4.98 Å². The molecule has 0 fully saturated rings. The van der Waals surface area contributed by atoms with Gasteiger partial charge in [-0.2, -0.15) is 0 Å². The van der Waals surface area contributed by atoms with Crippen molar-refractivity contribution in [3.63, 3.8) is 0 Å². The first kappa shape index (κ1) is 19.3. The largest absolute Gasteiger partial charge is 0.256 e. The molecule has 3 nitrogen and oxygen atoms in total. The van der Waals surface area contributed by atoms with Crippen LogP contribution in [0.15, 0.2) is 85.1 Å². The molecule has 0 spiro atoms. The van der Waals surface area contributed by atoms with Gasteiger partial charge in [0.2, 0.25) is 3.79 Å². The Hall–Kier alpha value is -2.72. The van der Waals surface area contributed by atoms with Crippen LogP contribution in [-0.4, -0.2) is 15.0 Å². The summed E-state index contributed by atoms with van der Waals surface area (Å²) in [6, 6.07) is 25.6. The molecule has 0 aliphatic carbocycles. The predicted octanol–water partition coefficient (Wildman–Crippen LogP) is 7.34. The van der Waals surface area contributed by atoms with E-state index in [1.165, 1.54) is 0 Å². The predicted molar refractivity (Wildman–Crippen MR) is 125 cm³/mol. The fourth-order valence-electron chi connectivity index (χ4n) is 3.57. The standard InChI is InChI=1S/C24H14Cl3N3/c25-24(26,27)23-22(21-12-10-16-6-2-4-8-19(16)30-21)17(13-14-28-23)20-11-9-15-5-1-3-7-18(15)29-20/h1-14H. The number of pyridine rings is 3. The maximum atomic E-state index is 6.31. The average molecular weight is 451 g/mol. The van der Waals surface area contributed by atoms with Crippen molar-refractivity contribution in [2.24, 2.45) is 0 Å². The zero-order valence-corrected chi connectivity index (χ0v) is 17.8. The molecule has 3 aromatic heterocycles. The average Bonchev–Trinajstić information content (AvgIpc) is 2.77. The van der Waals surface area contributed by atoms with Crippen molar-refractivity contribution in [3.8, 4) is 22.5 Å². The van der Waals surface area contributed by atoms with Crippen LogP contribution in [0.2, 0.25) is 0 Å². The van der Waals surface area contributed by atoms with Crippen LogP contribution in [0.1, 0.15) is 5.69 Å². The summed E-state index contributed by atoms with van der Waals surface area (Å²) in [6.45, 7) is 0. The van der Waals surface area contributed by atoms with Crippen molar-refractivity contribution in [2.75, 3.05) is 0 Å². The highest BCUT2D eigenvalue weighted by Gasteiger charge is 2.31. The van der Waals surface area contributed by atoms with Gasteiger partial charge in [0, 0.05) is 28.1 Å². The maximum Gasteiger partial charge on any atom is 0.233 e. The number of alkyl halides is 3. The third-order valence-corrected chi connectivity index (χ3v) is 5.49. The highest BCUT2D eigenvalue weighted by molar-refractivity contribution is 6.66. The molecule has 0 bridgehead atoms. The smallest absolute Gasteiger partial charge is 0.233 e. The zero-order valence-electron chi connectivity index (χ0n) is 15.6. The summed E-state index contributed by atoms with van der Waals surface area (Å²) in [5.74, 6) is 0. The molecule has 0 saturated heterocycles. The lowest BCUT2D eigenvalue weighted by molar-refractivity contribution is 1.08. The molecule has 3 heterocycles. The van der Waals surface area contributed by atoms with Crippen LogP contribution in [-0.2, 0) is 3.79 Å². The van der Waals surface area contributed by atoms with Crippen molar-refractivity contribution in [1.29, 1.82) is 0 Å². The van der Waals surface area contributed by atoms with Crippen LogP contribution in [0.4, 0.5) is 0 Å². The van der Waals surface area contributed by atoms with E-state index >= 15 is 0 Å². The molecular weight excluding hydrogens is 437 g/mol. The van der Waals surface area contributed by atoms with Crippen LogP contribution in [0.3, 0.4) is 0 Å². The Balaban J connectivity index is 1.80. The molecule has 0 unspecified atom stereocenters. The highest BCUT2D eigenvalue weighted by atomic mass is 35.6. The number of halogens is 3. The van der Waals surface area contributed by atoms with Crippen LogP contribution in [0, 0.1) is 0 Å². The van der Waals surface area contributed by atoms with E-state index in [0.717, 1.165) is 33.1 Å². The SMILES string of the molecule is ClC(Cl)(Cl)c1nccc(-c2ccc3ccccc3n2)c1-c1ccc2ccccc2n1. The topological polar surface area (TPSA) is 38.7 Å². The van der Waals surface area contributed by atoms with E-state index in [-0.39, 0.29) is 0 Å². The molecule has 5 rings (SSSR count). The summed E-state index contributed by atoms with van der Waals surface area (Å²) in [4.78, 5) is 14.0. The lowest BCUT2D eigenvalue weighted by Gasteiger charge is -2.18. The first-order chi connectivity index (χ1) is 14.5. The van der Waals surface area contributed by atoms with Crippen LogP contribution >= 0.6 is 34.8 Å². The van der Waals surface area contributed by atoms with Crippen molar-refractivity contribution >= 4 is 56.6 Å². The van der Waals surface area contributed by atoms with E-state index in [4.69, 9.17) is 44.8 Å². The van der Waals surface area contributed by atoms with Crippen LogP contribution in [0.25, 0.3) is 44.3 Å². The molecule has 5 aromatic rings. The number of hydrogen-bond acceptors (Lipinski definition) is 3. The molecule has 0 aliphatic heterocycles. The molecule has 0 radical (unpaired) electrons. The van der Waals surface area contributed by atoms with Gasteiger partial charge in [0.15, 0.2) is 0 Å². The fourth-order valence-corrected chi connectivity index (χ4v) is 4.00. The van der Waals surface area contributed by atoms with E-state index in [2.05, 4.69) is 4.98 Å². The summed E-state index contributed by atoms with van der Waals surface area (Å²) in [6.07, 6.45) is 1.63. The second-order valence-electron chi connectivity index (χ2n) is 6.86.